The Labute approximate surface area is 188 Å². The van der Waals surface area contributed by atoms with Crippen LogP contribution in [-0.4, -0.2) is 49.6 Å². The number of hydrogen-bond acceptors (Lipinski definition) is 5. The normalized spacial score (nSPS) is 15.1. The van der Waals surface area contributed by atoms with Gasteiger partial charge in [-0.3, -0.25) is 9.63 Å². The number of allylic oxidation sites excluding steroid dienone is 1. The smallest absolute Gasteiger partial charge is 0.268 e. The summed E-state index contributed by atoms with van der Waals surface area (Å²) < 4.78 is 7.81. The quantitative estimate of drug-likeness (QED) is 0.560. The fraction of sp³-hybridized carbons (Fsp3) is 0.320. The van der Waals surface area contributed by atoms with Crippen molar-refractivity contribution in [3.8, 4) is 5.75 Å². The molecule has 2 aromatic heterocycles. The van der Waals surface area contributed by atoms with E-state index in [4.69, 9.17) is 9.57 Å². The van der Waals surface area contributed by atoms with E-state index in [2.05, 4.69) is 16.8 Å². The van der Waals surface area contributed by atoms with Crippen molar-refractivity contribution in [3.05, 3.63) is 71.7 Å². The maximum Gasteiger partial charge on any atom is 0.268 e. The van der Waals surface area contributed by atoms with Crippen molar-refractivity contribution in [1.82, 2.24) is 9.88 Å². The second kappa shape index (κ2) is 9.26. The summed E-state index contributed by atoms with van der Waals surface area (Å²) in [6, 6.07) is 11.8. The first kappa shape index (κ1) is 21.6. The summed E-state index contributed by atoms with van der Waals surface area (Å²) in [5.74, 6) is 1.50. The number of anilines is 1. The van der Waals surface area contributed by atoms with Gasteiger partial charge >= 0.3 is 0 Å². The Morgan fingerprint density at radius 2 is 2.06 bits per heavy atom. The molecule has 166 valence electrons. The van der Waals surface area contributed by atoms with Gasteiger partial charge in [-0.25, -0.2) is 4.98 Å². The Morgan fingerprint density at radius 3 is 2.81 bits per heavy atom. The summed E-state index contributed by atoms with van der Waals surface area (Å²) in [7, 11) is 3.46. The van der Waals surface area contributed by atoms with Crippen LogP contribution in [0, 0.1) is 0 Å². The summed E-state index contributed by atoms with van der Waals surface area (Å²) in [4.78, 5) is 27.0. The Bertz CT molecular complexity index is 1180. The fourth-order valence-corrected chi connectivity index (χ4v) is 4.02. The van der Waals surface area contributed by atoms with E-state index in [0.717, 1.165) is 40.3 Å². The summed E-state index contributed by atoms with van der Waals surface area (Å²) in [5.41, 5.74) is 3.52. The van der Waals surface area contributed by atoms with Gasteiger partial charge in [0, 0.05) is 48.8 Å². The van der Waals surface area contributed by atoms with Gasteiger partial charge in [0.2, 0.25) is 6.20 Å². The Morgan fingerprint density at radius 1 is 1.25 bits per heavy atom. The molecular formula is C25H29N4O3+. The van der Waals surface area contributed by atoms with Gasteiger partial charge in [-0.05, 0) is 31.5 Å². The number of fused-ring (bicyclic) bond motifs is 2. The summed E-state index contributed by atoms with van der Waals surface area (Å²) in [6.45, 7) is 5.96. The van der Waals surface area contributed by atoms with Crippen molar-refractivity contribution in [2.24, 2.45) is 0 Å². The van der Waals surface area contributed by atoms with Crippen LogP contribution in [0.3, 0.4) is 0 Å². The van der Waals surface area contributed by atoms with Gasteiger partial charge in [-0.2, -0.15) is 0 Å². The molecule has 0 aliphatic carbocycles. The second-order valence-electron chi connectivity index (χ2n) is 7.68. The van der Waals surface area contributed by atoms with E-state index in [1.165, 1.54) is 0 Å². The fourth-order valence-electron chi connectivity index (χ4n) is 4.02. The molecule has 1 aromatic carbocycles. The predicted octanol–water partition coefficient (Wildman–Crippen LogP) is 3.02. The number of para-hydroxylation sites is 1. The van der Waals surface area contributed by atoms with Gasteiger partial charge in [0.1, 0.15) is 18.7 Å². The first-order chi connectivity index (χ1) is 15.6. The lowest BCUT2D eigenvalue weighted by molar-refractivity contribution is -0.865. The zero-order valence-electron chi connectivity index (χ0n) is 19.0. The molecule has 0 N–H and O–H groups in total. The highest BCUT2D eigenvalue weighted by molar-refractivity contribution is 6.00. The number of amides is 1. The molecule has 0 saturated heterocycles. The number of ether oxygens (including phenoxy) is 1. The van der Waals surface area contributed by atoms with Crippen LogP contribution in [0.25, 0.3) is 10.9 Å². The summed E-state index contributed by atoms with van der Waals surface area (Å²) in [5, 5.41) is 0.978. The van der Waals surface area contributed by atoms with Gasteiger partial charge in [0.25, 0.3) is 11.4 Å². The van der Waals surface area contributed by atoms with Crippen LogP contribution in [0.15, 0.2) is 60.6 Å². The molecule has 0 atom stereocenters. The van der Waals surface area contributed by atoms with Crippen LogP contribution in [0.5, 0.6) is 5.75 Å². The molecule has 0 bridgehead atoms. The first-order valence-electron chi connectivity index (χ1n) is 10.8. The standard InChI is InChI=1S/C25H29N4O3/c1-5-19-17-28(6-2)24-21(25(30)27(19)3)15-18(16-26-24)12-14-32-23-11-13-29(31-4)22-10-8-7-9-20(22)23/h5,7-11,13,15-16H,6,12,14,17H2,1-4H3/q+1/b19-5+. The van der Waals surface area contributed by atoms with Crippen molar-refractivity contribution in [2.75, 3.05) is 38.8 Å². The van der Waals surface area contributed by atoms with Crippen molar-refractivity contribution < 1.29 is 19.1 Å². The lowest BCUT2D eigenvalue weighted by atomic mass is 10.1. The van der Waals surface area contributed by atoms with E-state index in [9.17, 15) is 4.79 Å². The summed E-state index contributed by atoms with van der Waals surface area (Å²) in [6.07, 6.45) is 6.32. The third-order valence-electron chi connectivity index (χ3n) is 5.87. The molecule has 1 aliphatic rings. The highest BCUT2D eigenvalue weighted by Gasteiger charge is 2.27. The zero-order valence-corrected chi connectivity index (χ0v) is 19.0. The molecule has 3 heterocycles. The number of rotatable bonds is 6. The number of pyridine rings is 2. The van der Waals surface area contributed by atoms with E-state index in [0.29, 0.717) is 25.1 Å². The summed E-state index contributed by atoms with van der Waals surface area (Å²) >= 11 is 0. The largest absolute Gasteiger partial charge is 0.492 e. The molecule has 7 nitrogen and oxygen atoms in total. The molecule has 7 heteroatoms. The number of carbonyl (C=O) groups is 1. The number of hydrogen-bond donors (Lipinski definition) is 0. The van der Waals surface area contributed by atoms with Gasteiger partial charge in [0.15, 0.2) is 0 Å². The molecule has 1 amide bonds. The average molecular weight is 434 g/mol. The molecule has 0 spiro atoms. The zero-order chi connectivity index (χ0) is 22.7. The number of likely N-dealkylation sites (N-methyl/N-ethyl adjacent to an activating group) is 2. The molecule has 1 aliphatic heterocycles. The van der Waals surface area contributed by atoms with Crippen molar-refractivity contribution >= 4 is 22.6 Å². The third kappa shape index (κ3) is 3.98. The number of benzene rings is 1. The SMILES string of the molecule is C/C=C1\CN(CC)c2ncc(CCOc3cc[n+](OC)c4ccccc34)cc2C(=O)N1C. The van der Waals surface area contributed by atoms with Gasteiger partial charge in [-0.1, -0.05) is 18.2 Å². The lowest BCUT2D eigenvalue weighted by Crippen LogP contribution is -2.40. The van der Waals surface area contributed by atoms with E-state index in [-0.39, 0.29) is 5.91 Å². The van der Waals surface area contributed by atoms with Crippen molar-refractivity contribution in [2.45, 2.75) is 20.3 Å². The average Bonchev–Trinajstić information content (AvgIpc) is 2.93. The van der Waals surface area contributed by atoms with Gasteiger partial charge < -0.3 is 14.5 Å². The van der Waals surface area contributed by atoms with Crippen LogP contribution in [-0.2, 0) is 6.42 Å². The van der Waals surface area contributed by atoms with Gasteiger partial charge in [-0.15, -0.1) is 0 Å². The van der Waals surface area contributed by atoms with Crippen LogP contribution in [0.4, 0.5) is 5.82 Å². The molecule has 0 saturated carbocycles. The highest BCUT2D eigenvalue weighted by Crippen LogP contribution is 2.27. The number of carbonyl (C=O) groups excluding carboxylic acids is 1. The third-order valence-corrected chi connectivity index (χ3v) is 5.87. The first-order valence-corrected chi connectivity index (χ1v) is 10.8. The van der Waals surface area contributed by atoms with Gasteiger partial charge in [0.05, 0.1) is 24.1 Å². The molecule has 0 fully saturated rings. The van der Waals surface area contributed by atoms with E-state index in [1.54, 1.807) is 16.7 Å². The second-order valence-corrected chi connectivity index (χ2v) is 7.68. The van der Waals surface area contributed by atoms with Crippen LogP contribution in [0.2, 0.25) is 0 Å². The van der Waals surface area contributed by atoms with Crippen molar-refractivity contribution in [1.29, 1.82) is 0 Å². The molecule has 4 rings (SSSR count). The Hall–Kier alpha value is -3.61. The minimum absolute atomic E-state index is 0.0301. The molecule has 3 aromatic rings. The molecule has 0 radical (unpaired) electrons. The lowest BCUT2D eigenvalue weighted by Gasteiger charge is -2.23. The van der Waals surface area contributed by atoms with Crippen LogP contribution < -0.4 is 19.2 Å². The minimum atomic E-state index is -0.0301. The predicted molar refractivity (Wildman–Crippen MR) is 124 cm³/mol. The van der Waals surface area contributed by atoms with E-state index in [1.807, 2.05) is 68.8 Å². The Balaban J connectivity index is 1.55. The number of nitrogens with zero attached hydrogens (tertiary/aromatic N) is 4. The highest BCUT2D eigenvalue weighted by atomic mass is 16.6. The monoisotopic (exact) mass is 433 g/mol. The maximum absolute atomic E-state index is 13.1. The topological polar surface area (TPSA) is 58.8 Å². The van der Waals surface area contributed by atoms with E-state index < -0.39 is 0 Å². The van der Waals surface area contributed by atoms with Crippen LogP contribution in [0.1, 0.15) is 29.8 Å². The Kier molecular flexibility index (Phi) is 6.25. The van der Waals surface area contributed by atoms with E-state index >= 15 is 0 Å². The number of aromatic nitrogens is 2. The molecular weight excluding hydrogens is 404 g/mol. The minimum Gasteiger partial charge on any atom is -0.492 e. The molecule has 32 heavy (non-hydrogen) atoms. The van der Waals surface area contributed by atoms with Crippen LogP contribution >= 0.6 is 0 Å². The maximum atomic E-state index is 13.1. The van der Waals surface area contributed by atoms with Crippen molar-refractivity contribution in [3.63, 3.8) is 0 Å². The molecule has 0 unspecified atom stereocenters.